The molecule has 2 aromatic rings. The van der Waals surface area contributed by atoms with Gasteiger partial charge < -0.3 is 9.47 Å². The molecule has 0 radical (unpaired) electrons. The van der Waals surface area contributed by atoms with E-state index in [0.717, 1.165) is 33.0 Å². The number of ether oxygens (including phenoxy) is 2. The summed E-state index contributed by atoms with van der Waals surface area (Å²) in [4.78, 5) is 37.2. The molecule has 1 aliphatic heterocycles. The van der Waals surface area contributed by atoms with Crippen molar-refractivity contribution in [2.45, 2.75) is 6.92 Å². The summed E-state index contributed by atoms with van der Waals surface area (Å²) in [5, 5.41) is 1.42. The maximum Gasteiger partial charge on any atom is 0.325 e. The monoisotopic (exact) mass is 371 g/mol. The number of fused-ring (bicyclic) bond motifs is 1. The Morgan fingerprint density at radius 1 is 1.19 bits per heavy atom. The molecule has 3 rings (SSSR count). The Bertz CT molecular complexity index is 921. The number of hydrogen-bond acceptors (Lipinski definition) is 6. The van der Waals surface area contributed by atoms with Crippen molar-refractivity contribution >= 4 is 45.7 Å². The van der Waals surface area contributed by atoms with Crippen LogP contribution < -0.4 is 4.74 Å². The molecular formula is C19H17NO5S. The van der Waals surface area contributed by atoms with E-state index in [4.69, 9.17) is 4.74 Å². The Morgan fingerprint density at radius 3 is 2.69 bits per heavy atom. The minimum Gasteiger partial charge on any atom is -0.493 e. The summed E-state index contributed by atoms with van der Waals surface area (Å²) in [6.45, 7) is 1.96. The van der Waals surface area contributed by atoms with Gasteiger partial charge in [0.2, 0.25) is 0 Å². The lowest BCUT2D eigenvalue weighted by Gasteiger charge is -2.12. The fraction of sp³-hybridized carbons (Fsp3) is 0.211. The van der Waals surface area contributed by atoms with Crippen molar-refractivity contribution in [2.75, 3.05) is 20.3 Å². The minimum atomic E-state index is -0.645. The number of amides is 2. The number of benzene rings is 2. The molecule has 6 nitrogen and oxygen atoms in total. The van der Waals surface area contributed by atoms with E-state index in [-0.39, 0.29) is 4.91 Å². The number of thioether (sulfide) groups is 1. The predicted octanol–water partition coefficient (Wildman–Crippen LogP) is 3.45. The number of carbonyl (C=O) groups is 3. The van der Waals surface area contributed by atoms with Crippen molar-refractivity contribution in [3.63, 3.8) is 0 Å². The Balaban J connectivity index is 2.04. The molecule has 1 fully saturated rings. The van der Waals surface area contributed by atoms with Crippen molar-refractivity contribution < 1.29 is 23.9 Å². The van der Waals surface area contributed by atoms with Crippen LogP contribution in [0.25, 0.3) is 16.8 Å². The van der Waals surface area contributed by atoms with Crippen LogP contribution in [0.4, 0.5) is 4.79 Å². The van der Waals surface area contributed by atoms with E-state index in [0.29, 0.717) is 12.4 Å². The predicted molar refractivity (Wildman–Crippen MR) is 99.8 cm³/mol. The molecule has 2 aromatic carbocycles. The third-order valence-corrected chi connectivity index (χ3v) is 4.80. The molecule has 0 unspecified atom stereocenters. The van der Waals surface area contributed by atoms with Crippen LogP contribution in [0.15, 0.2) is 41.3 Å². The van der Waals surface area contributed by atoms with Crippen LogP contribution in [0.5, 0.6) is 5.75 Å². The van der Waals surface area contributed by atoms with Gasteiger partial charge in [0, 0.05) is 5.56 Å². The summed E-state index contributed by atoms with van der Waals surface area (Å²) >= 11 is 0.800. The molecule has 7 heteroatoms. The minimum absolute atomic E-state index is 0.246. The lowest BCUT2D eigenvalue weighted by atomic mass is 10.0. The SMILES string of the molecule is CCOc1ccc2ccccc2c1/C=C1/SC(=O)N(CC(=O)OC)C1=O. The van der Waals surface area contributed by atoms with Crippen molar-refractivity contribution in [3.05, 3.63) is 46.9 Å². The zero-order chi connectivity index (χ0) is 18.7. The largest absolute Gasteiger partial charge is 0.493 e. The molecule has 0 atom stereocenters. The first-order valence-electron chi connectivity index (χ1n) is 8.02. The van der Waals surface area contributed by atoms with Gasteiger partial charge in [0.25, 0.3) is 11.1 Å². The molecule has 0 aromatic heterocycles. The van der Waals surface area contributed by atoms with Gasteiger partial charge in [0.05, 0.1) is 18.6 Å². The summed E-state index contributed by atoms with van der Waals surface area (Å²) in [6, 6.07) is 11.5. The van der Waals surface area contributed by atoms with Crippen LogP contribution in [-0.2, 0) is 14.3 Å². The fourth-order valence-electron chi connectivity index (χ4n) is 2.67. The first-order valence-corrected chi connectivity index (χ1v) is 8.83. The van der Waals surface area contributed by atoms with E-state index in [9.17, 15) is 14.4 Å². The van der Waals surface area contributed by atoms with Crippen molar-refractivity contribution in [3.8, 4) is 5.75 Å². The number of carbonyl (C=O) groups excluding carboxylic acids is 3. The van der Waals surface area contributed by atoms with Crippen molar-refractivity contribution in [1.82, 2.24) is 4.90 Å². The molecule has 2 amide bonds. The average Bonchev–Trinajstić information content (AvgIpc) is 2.91. The van der Waals surface area contributed by atoms with Gasteiger partial charge in [-0.1, -0.05) is 30.3 Å². The standard InChI is InChI=1S/C19H17NO5S/c1-3-25-15-9-8-12-6-4-5-7-13(12)14(15)10-16-18(22)20(19(23)26-16)11-17(21)24-2/h4-10H,3,11H2,1-2H3/b16-10+. The van der Waals surface area contributed by atoms with Crippen LogP contribution in [0.1, 0.15) is 12.5 Å². The zero-order valence-corrected chi connectivity index (χ0v) is 15.2. The molecule has 0 aliphatic carbocycles. The Hall–Kier alpha value is -2.80. The molecule has 0 N–H and O–H groups in total. The van der Waals surface area contributed by atoms with E-state index in [1.165, 1.54) is 7.11 Å². The fourth-order valence-corrected chi connectivity index (χ4v) is 3.49. The highest BCUT2D eigenvalue weighted by Gasteiger charge is 2.36. The van der Waals surface area contributed by atoms with Gasteiger partial charge in [-0.25, -0.2) is 0 Å². The Kier molecular flexibility index (Phi) is 5.27. The number of methoxy groups -OCH3 is 1. The summed E-state index contributed by atoms with van der Waals surface area (Å²) in [7, 11) is 1.21. The number of imide groups is 1. The first kappa shape index (κ1) is 18.0. The molecule has 0 saturated carbocycles. The summed E-state index contributed by atoms with van der Waals surface area (Å²) in [6.07, 6.45) is 1.65. The maximum absolute atomic E-state index is 12.5. The normalized spacial score (nSPS) is 15.8. The van der Waals surface area contributed by atoms with E-state index in [1.807, 2.05) is 43.3 Å². The van der Waals surface area contributed by atoms with E-state index >= 15 is 0 Å². The van der Waals surface area contributed by atoms with Crippen molar-refractivity contribution in [1.29, 1.82) is 0 Å². The molecule has 1 aliphatic rings. The van der Waals surface area contributed by atoms with E-state index < -0.39 is 23.7 Å². The van der Waals surface area contributed by atoms with E-state index in [2.05, 4.69) is 4.74 Å². The molecule has 0 spiro atoms. The number of nitrogens with zero attached hydrogens (tertiary/aromatic N) is 1. The topological polar surface area (TPSA) is 72.9 Å². The first-order chi connectivity index (χ1) is 12.5. The van der Waals surface area contributed by atoms with Gasteiger partial charge in [-0.2, -0.15) is 0 Å². The summed E-state index contributed by atoms with van der Waals surface area (Å²) < 4.78 is 10.2. The molecule has 134 valence electrons. The number of hydrogen-bond donors (Lipinski definition) is 0. The third-order valence-electron chi connectivity index (χ3n) is 3.89. The van der Waals surface area contributed by atoms with Crippen LogP contribution in [-0.4, -0.2) is 42.3 Å². The quantitative estimate of drug-likeness (QED) is 0.592. The molecule has 26 heavy (non-hydrogen) atoms. The highest BCUT2D eigenvalue weighted by Crippen LogP contribution is 2.36. The van der Waals surface area contributed by atoms with Gasteiger partial charge >= 0.3 is 5.97 Å². The molecule has 1 saturated heterocycles. The molecule has 0 bridgehead atoms. The van der Waals surface area contributed by atoms with Crippen LogP contribution in [0.2, 0.25) is 0 Å². The summed E-state index contributed by atoms with van der Waals surface area (Å²) in [5.41, 5.74) is 0.730. The number of rotatable bonds is 5. The van der Waals surface area contributed by atoms with E-state index in [1.54, 1.807) is 6.08 Å². The van der Waals surface area contributed by atoms with Crippen LogP contribution >= 0.6 is 11.8 Å². The van der Waals surface area contributed by atoms with Gasteiger partial charge in [-0.15, -0.1) is 0 Å². The lowest BCUT2D eigenvalue weighted by molar-refractivity contribution is -0.143. The van der Waals surface area contributed by atoms with Gasteiger partial charge in [-0.3, -0.25) is 19.3 Å². The second-order valence-electron chi connectivity index (χ2n) is 5.48. The highest BCUT2D eigenvalue weighted by molar-refractivity contribution is 8.18. The highest BCUT2D eigenvalue weighted by atomic mass is 32.2. The van der Waals surface area contributed by atoms with Crippen LogP contribution in [0.3, 0.4) is 0 Å². The Labute approximate surface area is 154 Å². The number of esters is 1. The molecular weight excluding hydrogens is 354 g/mol. The van der Waals surface area contributed by atoms with Gasteiger partial charge in [0.1, 0.15) is 12.3 Å². The third kappa shape index (κ3) is 3.43. The van der Waals surface area contributed by atoms with Gasteiger partial charge in [0.15, 0.2) is 0 Å². The second kappa shape index (κ2) is 7.61. The van der Waals surface area contributed by atoms with Crippen molar-refractivity contribution in [2.24, 2.45) is 0 Å². The zero-order valence-electron chi connectivity index (χ0n) is 14.4. The van der Waals surface area contributed by atoms with Crippen LogP contribution in [0, 0.1) is 0 Å². The molecule has 1 heterocycles. The summed E-state index contributed by atoms with van der Waals surface area (Å²) in [5.74, 6) is -0.527. The lowest BCUT2D eigenvalue weighted by Crippen LogP contribution is -2.34. The van der Waals surface area contributed by atoms with Gasteiger partial charge in [-0.05, 0) is 41.6 Å². The Morgan fingerprint density at radius 2 is 1.96 bits per heavy atom. The average molecular weight is 371 g/mol. The smallest absolute Gasteiger partial charge is 0.325 e. The maximum atomic E-state index is 12.5. The second-order valence-corrected chi connectivity index (χ2v) is 6.47.